The minimum Gasteiger partial charge on any atom is -0.379 e. The molecule has 0 aromatic carbocycles. The Labute approximate surface area is 268 Å². The summed E-state index contributed by atoms with van der Waals surface area (Å²) in [4.78, 5) is 0. The van der Waals surface area contributed by atoms with Crippen LogP contribution < -0.4 is 5.73 Å². The van der Waals surface area contributed by atoms with E-state index < -0.39 is 33.8 Å². The average Bonchev–Trinajstić information content (AvgIpc) is 3.82. The van der Waals surface area contributed by atoms with Gasteiger partial charge in [-0.3, -0.25) is 0 Å². The maximum absolute atomic E-state index is 5.42. The van der Waals surface area contributed by atoms with E-state index in [1.807, 2.05) is 6.55 Å². The largest absolute Gasteiger partial charge is 0.500 e. The summed E-state index contributed by atoms with van der Waals surface area (Å²) >= 11 is 14.5. The van der Waals surface area contributed by atoms with Gasteiger partial charge < -0.3 is 55.0 Å². The van der Waals surface area contributed by atoms with Crippen LogP contribution in [0.3, 0.4) is 0 Å². The Morgan fingerprint density at radius 3 is 1.29 bits per heavy atom. The van der Waals surface area contributed by atoms with Crippen LogP contribution in [0.1, 0.15) is 19.3 Å². The molecule has 0 aliphatic carbocycles. The fraction of sp³-hybridized carbons (Fsp3) is 1.00. The summed E-state index contributed by atoms with van der Waals surface area (Å²) in [6.07, 6.45) is 3.06. The average molecular weight is 727 g/mol. The van der Waals surface area contributed by atoms with E-state index in [1.165, 1.54) is 0 Å². The number of ether oxygens (including phenoxy) is 2. The predicted molar refractivity (Wildman–Crippen MR) is 177 cm³/mol. The molecule has 1 aliphatic rings. The van der Waals surface area contributed by atoms with Gasteiger partial charge >= 0.3 is 26.4 Å². The molecule has 41 heavy (non-hydrogen) atoms. The highest BCUT2D eigenvalue weighted by atomic mass is 35.7. The molecule has 0 radical (unpaired) electrons. The van der Waals surface area contributed by atoms with Crippen molar-refractivity contribution in [3.63, 3.8) is 0 Å². The maximum Gasteiger partial charge on any atom is 0.500 e. The number of hydrogen-bond acceptors (Lipinski definition) is 13. The van der Waals surface area contributed by atoms with Crippen LogP contribution in [0.2, 0.25) is 24.7 Å². The zero-order chi connectivity index (χ0) is 32.2. The van der Waals surface area contributed by atoms with Crippen molar-refractivity contribution in [1.29, 1.82) is 0 Å². The molecular weight excluding hydrogens is 670 g/mol. The summed E-state index contributed by atoms with van der Waals surface area (Å²) in [5.41, 5.74) is 5.36. The van der Waals surface area contributed by atoms with Gasteiger partial charge in [-0.05, 0) is 38.1 Å². The van der Waals surface area contributed by atoms with E-state index in [4.69, 9.17) is 77.2 Å². The monoisotopic (exact) mass is 725 g/mol. The Morgan fingerprint density at radius 1 is 0.707 bits per heavy atom. The maximum atomic E-state index is 5.42. The number of nitrogens with two attached hydrogens (primary N) is 1. The molecule has 1 heterocycles. The molecule has 12 nitrogen and oxygen atoms in total. The molecule has 0 saturated carbocycles. The lowest BCUT2D eigenvalue weighted by Crippen LogP contribution is -2.42. The molecule has 0 spiro atoms. The second-order valence-electron chi connectivity index (χ2n) is 8.26. The van der Waals surface area contributed by atoms with Crippen molar-refractivity contribution in [2.75, 3.05) is 96.1 Å². The van der Waals surface area contributed by atoms with E-state index in [-0.39, 0.29) is 0 Å². The highest BCUT2D eigenvalue weighted by molar-refractivity contribution is 7.80. The van der Waals surface area contributed by atoms with Crippen LogP contribution in [-0.4, -0.2) is 136 Å². The lowest BCUT2D eigenvalue weighted by atomic mass is 10.5. The molecule has 1 unspecified atom stereocenters. The SMILES string of the molecule is CO[Si](CCCN)(OC)OC.CO[Si](CCCOCC1CO1)(OC)OC.CO[Si](CCCS)(OC)OC.C[SiH](Cl)Cl. The predicted octanol–water partition coefficient (Wildman–Crippen LogP) is 3.38. The number of thiol groups is 1. The number of hydrogen-bond donors (Lipinski definition) is 2. The first-order chi connectivity index (χ1) is 19.5. The normalized spacial score (nSPS) is 14.9. The van der Waals surface area contributed by atoms with E-state index in [0.29, 0.717) is 25.9 Å². The highest BCUT2D eigenvalue weighted by Gasteiger charge is 2.38. The number of epoxide rings is 1. The minimum absolute atomic E-state index is 0.333. The molecule has 19 heteroatoms. The fourth-order valence-electron chi connectivity index (χ4n) is 3.05. The van der Waals surface area contributed by atoms with Gasteiger partial charge in [0, 0.05) is 88.7 Å². The van der Waals surface area contributed by atoms with Crippen molar-refractivity contribution < 1.29 is 49.3 Å². The second kappa shape index (κ2) is 30.0. The van der Waals surface area contributed by atoms with Crippen LogP contribution in [0.4, 0.5) is 0 Å². The molecule has 1 aliphatic heterocycles. The molecule has 0 amide bonds. The smallest absolute Gasteiger partial charge is 0.379 e. The summed E-state index contributed by atoms with van der Waals surface area (Å²) in [6, 6.07) is 2.40. The topological polar surface area (TPSA) is 131 Å². The van der Waals surface area contributed by atoms with E-state index in [1.54, 1.807) is 64.0 Å². The summed E-state index contributed by atoms with van der Waals surface area (Å²) in [5.74, 6) is 0.838. The molecule has 1 fully saturated rings. The molecule has 0 aromatic heterocycles. The Hall–Kier alpha value is 1.32. The molecular formula is C22H57Cl2NO11SSi4. The molecule has 0 bridgehead atoms. The quantitative estimate of drug-likeness (QED) is 0.0592. The second-order valence-corrected chi connectivity index (χ2v) is 23.6. The molecule has 0 aromatic rings. The van der Waals surface area contributed by atoms with Gasteiger partial charge in [0.05, 0.1) is 13.2 Å². The summed E-state index contributed by atoms with van der Waals surface area (Å²) in [7, 11) is 6.37. The lowest BCUT2D eigenvalue weighted by Gasteiger charge is -2.24. The Bertz CT molecular complexity index is 506. The third kappa shape index (κ3) is 25.2. The minimum atomic E-state index is -2.39. The van der Waals surface area contributed by atoms with Gasteiger partial charge in [-0.25, -0.2) is 0 Å². The van der Waals surface area contributed by atoms with E-state index >= 15 is 0 Å². The van der Waals surface area contributed by atoms with Gasteiger partial charge in [-0.2, -0.15) is 34.8 Å². The third-order valence-corrected chi connectivity index (χ3v) is 14.4. The highest BCUT2D eigenvalue weighted by Crippen LogP contribution is 2.16. The van der Waals surface area contributed by atoms with Crippen molar-refractivity contribution in [2.24, 2.45) is 5.73 Å². The first kappa shape index (κ1) is 46.7. The van der Waals surface area contributed by atoms with Crippen molar-refractivity contribution in [3.05, 3.63) is 0 Å². The van der Waals surface area contributed by atoms with Crippen LogP contribution in [0, 0.1) is 0 Å². The van der Waals surface area contributed by atoms with Gasteiger partial charge in [-0.15, -0.1) is 0 Å². The zero-order valence-corrected chi connectivity index (χ0v) is 33.3. The van der Waals surface area contributed by atoms with Gasteiger partial charge in [0.25, 0.3) is 0 Å². The van der Waals surface area contributed by atoms with E-state index in [0.717, 1.165) is 49.8 Å². The van der Waals surface area contributed by atoms with Crippen LogP contribution in [-0.2, 0) is 49.3 Å². The summed E-state index contributed by atoms with van der Waals surface area (Å²) < 4.78 is 57.4. The van der Waals surface area contributed by atoms with Crippen LogP contribution in [0.15, 0.2) is 0 Å². The van der Waals surface area contributed by atoms with E-state index in [2.05, 4.69) is 12.6 Å². The Morgan fingerprint density at radius 2 is 1.02 bits per heavy atom. The van der Waals surface area contributed by atoms with Crippen molar-refractivity contribution in [3.8, 4) is 0 Å². The van der Waals surface area contributed by atoms with Crippen LogP contribution in [0.25, 0.3) is 0 Å². The molecule has 2 N–H and O–H groups in total. The zero-order valence-electron chi connectivity index (χ0n) is 26.7. The number of rotatable bonds is 21. The van der Waals surface area contributed by atoms with Crippen LogP contribution in [0.5, 0.6) is 0 Å². The van der Waals surface area contributed by atoms with Gasteiger partial charge in [0.1, 0.15) is 6.10 Å². The van der Waals surface area contributed by atoms with Gasteiger partial charge in [-0.1, -0.05) is 0 Å². The van der Waals surface area contributed by atoms with Crippen molar-refractivity contribution >= 4 is 68.6 Å². The third-order valence-electron chi connectivity index (χ3n) is 5.60. The first-order valence-electron chi connectivity index (χ1n) is 13.2. The lowest BCUT2D eigenvalue weighted by molar-refractivity contribution is 0.100. The van der Waals surface area contributed by atoms with Crippen LogP contribution >= 0.6 is 34.8 Å². The Kier molecular flexibility index (Phi) is 34.2. The Balaban J connectivity index is -0.000000503. The van der Waals surface area contributed by atoms with Gasteiger partial charge in [0.2, 0.25) is 7.42 Å². The molecule has 1 rings (SSSR count). The summed E-state index contributed by atoms with van der Waals surface area (Å²) in [5, 5.41) is 0. The molecule has 252 valence electrons. The molecule has 1 atom stereocenters. The van der Waals surface area contributed by atoms with Gasteiger partial charge in [0.15, 0.2) is 0 Å². The van der Waals surface area contributed by atoms with Crippen molar-refractivity contribution in [2.45, 2.75) is 50.0 Å². The summed E-state index contributed by atoms with van der Waals surface area (Å²) in [6.45, 7) is 4.72. The number of halogens is 2. The molecule has 1 saturated heterocycles. The van der Waals surface area contributed by atoms with E-state index in [9.17, 15) is 0 Å². The fourth-order valence-corrected chi connectivity index (χ4v) is 8.67. The van der Waals surface area contributed by atoms with Crippen molar-refractivity contribution in [1.82, 2.24) is 0 Å². The first-order valence-corrected chi connectivity index (χ1v) is 24.3. The standard InChI is InChI=1S/C9H20O5Si.C6H17NO3Si.C6H16O3SSi.CH4Cl2Si/c1-10-15(11-2,12-3)6-4-5-13-7-9-8-14-9;1-8-11(9-2,10-3)6-4-5-7;1-7-11(8-2,9-3)6-4-5-10;1-4(2)3/h9H,4-8H2,1-3H3;4-7H2,1-3H3;10H,4-6H2,1-3H3;4H,1H3.